The Morgan fingerprint density at radius 1 is 1.04 bits per heavy atom. The molecule has 0 aliphatic heterocycles. The Morgan fingerprint density at radius 3 is 2.19 bits per heavy atom. The highest BCUT2D eigenvalue weighted by molar-refractivity contribution is 9.10. The van der Waals surface area contributed by atoms with Crippen LogP contribution in [0.15, 0.2) is 47.1 Å². The van der Waals surface area contributed by atoms with Gasteiger partial charge in [-0.3, -0.25) is 9.59 Å². The largest absolute Gasteiger partial charge is 0.426 e. The van der Waals surface area contributed by atoms with Crippen molar-refractivity contribution in [2.45, 2.75) is 20.8 Å². The van der Waals surface area contributed by atoms with Crippen molar-refractivity contribution in [2.24, 2.45) is 0 Å². The summed E-state index contributed by atoms with van der Waals surface area (Å²) in [6.07, 6.45) is 1.67. The molecule has 8 heteroatoms. The predicted molar refractivity (Wildman–Crippen MR) is 102 cm³/mol. The molecule has 0 bridgehead atoms. The molecule has 0 unspecified atom stereocenters. The number of ether oxygens (including phenoxy) is 2. The highest BCUT2D eigenvalue weighted by Crippen LogP contribution is 2.39. The van der Waals surface area contributed by atoms with Crippen LogP contribution in [0.4, 0.5) is 0 Å². The second-order valence-electron chi connectivity index (χ2n) is 5.82. The number of aryl methyl sites for hydroxylation is 1. The fourth-order valence-electron chi connectivity index (χ4n) is 2.58. The molecule has 0 N–H and O–H groups in total. The maximum atomic E-state index is 11.5. The number of para-hydroxylation sites is 1. The van der Waals surface area contributed by atoms with E-state index in [1.807, 2.05) is 31.2 Å². The molecule has 1 heterocycles. The molecule has 1 aromatic heterocycles. The van der Waals surface area contributed by atoms with Gasteiger partial charge in [-0.05, 0) is 52.7 Å². The van der Waals surface area contributed by atoms with Gasteiger partial charge in [0.1, 0.15) is 17.2 Å². The van der Waals surface area contributed by atoms with Gasteiger partial charge < -0.3 is 9.47 Å². The Kier molecular flexibility index (Phi) is 5.36. The third-order valence-corrected chi connectivity index (χ3v) is 4.24. The number of halogens is 1. The van der Waals surface area contributed by atoms with Crippen LogP contribution in [0.5, 0.6) is 11.5 Å². The molecule has 2 aromatic carbocycles. The van der Waals surface area contributed by atoms with Crippen LogP contribution in [0.2, 0.25) is 0 Å². The lowest BCUT2D eigenvalue weighted by Gasteiger charge is -2.13. The lowest BCUT2D eigenvalue weighted by molar-refractivity contribution is -0.132. The summed E-state index contributed by atoms with van der Waals surface area (Å²) in [6, 6.07) is 10.9. The van der Waals surface area contributed by atoms with Gasteiger partial charge in [0.25, 0.3) is 0 Å². The number of nitrogens with zero attached hydrogens (tertiary/aromatic N) is 3. The predicted octanol–water partition coefficient (Wildman–Crippen LogP) is 3.86. The van der Waals surface area contributed by atoms with Gasteiger partial charge in [0.05, 0.1) is 17.4 Å². The number of carbonyl (C=O) groups excluding carboxylic acids is 2. The van der Waals surface area contributed by atoms with E-state index >= 15 is 0 Å². The first-order valence-electron chi connectivity index (χ1n) is 8.04. The molecular weight excluding hydrogens is 414 g/mol. The number of hydrogen-bond donors (Lipinski definition) is 0. The van der Waals surface area contributed by atoms with Crippen molar-refractivity contribution >= 4 is 27.9 Å². The second-order valence-corrected chi connectivity index (χ2v) is 6.68. The summed E-state index contributed by atoms with van der Waals surface area (Å²) in [5.41, 5.74) is 2.33. The first kappa shape index (κ1) is 18.8. The maximum absolute atomic E-state index is 11.5. The average molecular weight is 430 g/mol. The first-order valence-corrected chi connectivity index (χ1v) is 8.83. The zero-order valence-electron chi connectivity index (χ0n) is 14.9. The molecule has 0 radical (unpaired) electrons. The van der Waals surface area contributed by atoms with Crippen LogP contribution in [0.25, 0.3) is 16.9 Å². The lowest BCUT2D eigenvalue weighted by atomic mass is 10.1. The van der Waals surface area contributed by atoms with E-state index in [4.69, 9.17) is 9.47 Å². The molecule has 0 aliphatic rings. The molecule has 0 aliphatic carbocycles. The van der Waals surface area contributed by atoms with Gasteiger partial charge in [-0.15, -0.1) is 5.10 Å². The van der Waals surface area contributed by atoms with Crippen molar-refractivity contribution in [3.63, 3.8) is 0 Å². The van der Waals surface area contributed by atoms with E-state index in [0.29, 0.717) is 11.3 Å². The van der Waals surface area contributed by atoms with Crippen LogP contribution in [0.1, 0.15) is 19.4 Å². The summed E-state index contributed by atoms with van der Waals surface area (Å²) in [5, 5.41) is 8.32. The standard InChI is InChI=1S/C19H16BrN3O4/c1-11-8-17(26-12(2)24)19(18(9-11)27-13(3)25)15-10-23(22-21-15)16-7-5-4-6-14(16)20/h4-10H,1-3H3. The quantitative estimate of drug-likeness (QED) is 0.462. The molecule has 0 saturated carbocycles. The molecule has 7 nitrogen and oxygen atoms in total. The van der Waals surface area contributed by atoms with Gasteiger partial charge in [-0.1, -0.05) is 17.3 Å². The summed E-state index contributed by atoms with van der Waals surface area (Å²) in [6.45, 7) is 4.41. The Hall–Kier alpha value is -3.00. The molecule has 138 valence electrons. The van der Waals surface area contributed by atoms with Crippen LogP contribution in [-0.4, -0.2) is 26.9 Å². The van der Waals surface area contributed by atoms with Crippen LogP contribution in [0.3, 0.4) is 0 Å². The average Bonchev–Trinajstić information content (AvgIpc) is 3.03. The number of benzene rings is 2. The van der Waals surface area contributed by atoms with Crippen LogP contribution < -0.4 is 9.47 Å². The maximum Gasteiger partial charge on any atom is 0.308 e. The Labute approximate surface area is 164 Å². The van der Waals surface area contributed by atoms with Crippen molar-refractivity contribution < 1.29 is 19.1 Å². The normalized spacial score (nSPS) is 10.5. The molecule has 0 fully saturated rings. The molecule has 3 aromatic rings. The number of aromatic nitrogens is 3. The van der Waals surface area contributed by atoms with Gasteiger partial charge in [0.15, 0.2) is 0 Å². The second kappa shape index (κ2) is 7.71. The fraction of sp³-hybridized carbons (Fsp3) is 0.158. The molecule has 0 atom stereocenters. The minimum Gasteiger partial charge on any atom is -0.426 e. The van der Waals surface area contributed by atoms with Crippen molar-refractivity contribution in [2.75, 3.05) is 0 Å². The molecule has 0 amide bonds. The SMILES string of the molecule is CC(=O)Oc1cc(C)cc(OC(C)=O)c1-c1cn(-c2ccccc2Br)nn1. The zero-order valence-corrected chi connectivity index (χ0v) is 16.5. The third-order valence-electron chi connectivity index (χ3n) is 3.57. The van der Waals surface area contributed by atoms with E-state index in [2.05, 4.69) is 26.2 Å². The van der Waals surface area contributed by atoms with Gasteiger partial charge in [-0.2, -0.15) is 0 Å². The molecule has 0 saturated heterocycles. The Bertz CT molecular complexity index is 992. The minimum absolute atomic E-state index is 0.248. The zero-order chi connectivity index (χ0) is 19.6. The van der Waals surface area contributed by atoms with E-state index in [0.717, 1.165) is 15.7 Å². The van der Waals surface area contributed by atoms with Gasteiger partial charge >= 0.3 is 11.9 Å². The van der Waals surface area contributed by atoms with Crippen molar-refractivity contribution in [1.82, 2.24) is 15.0 Å². The monoisotopic (exact) mass is 429 g/mol. The Balaban J connectivity index is 2.16. The smallest absolute Gasteiger partial charge is 0.308 e. The minimum atomic E-state index is -0.492. The highest BCUT2D eigenvalue weighted by Gasteiger charge is 2.21. The van der Waals surface area contributed by atoms with E-state index in [9.17, 15) is 9.59 Å². The summed E-state index contributed by atoms with van der Waals surface area (Å²) in [7, 11) is 0. The summed E-state index contributed by atoms with van der Waals surface area (Å²) in [4.78, 5) is 23.1. The van der Waals surface area contributed by atoms with E-state index in [1.54, 1.807) is 23.0 Å². The van der Waals surface area contributed by atoms with E-state index in [-0.39, 0.29) is 11.5 Å². The van der Waals surface area contributed by atoms with Gasteiger partial charge in [0.2, 0.25) is 0 Å². The van der Waals surface area contributed by atoms with Crippen molar-refractivity contribution in [3.8, 4) is 28.4 Å². The van der Waals surface area contributed by atoms with Gasteiger partial charge in [0, 0.05) is 18.3 Å². The number of hydrogen-bond acceptors (Lipinski definition) is 6. The van der Waals surface area contributed by atoms with Crippen molar-refractivity contribution in [1.29, 1.82) is 0 Å². The fourth-order valence-corrected chi connectivity index (χ4v) is 3.04. The van der Waals surface area contributed by atoms with Crippen LogP contribution >= 0.6 is 15.9 Å². The topological polar surface area (TPSA) is 83.3 Å². The van der Waals surface area contributed by atoms with E-state index < -0.39 is 11.9 Å². The summed E-state index contributed by atoms with van der Waals surface area (Å²) < 4.78 is 13.1. The number of rotatable bonds is 4. The van der Waals surface area contributed by atoms with Crippen LogP contribution in [0, 0.1) is 6.92 Å². The van der Waals surface area contributed by atoms with Crippen molar-refractivity contribution in [3.05, 3.63) is 52.6 Å². The molecular formula is C19H16BrN3O4. The number of carbonyl (C=O) groups is 2. The van der Waals surface area contributed by atoms with Crippen LogP contribution in [-0.2, 0) is 9.59 Å². The lowest BCUT2D eigenvalue weighted by Crippen LogP contribution is -2.07. The molecule has 3 rings (SSSR count). The molecule has 27 heavy (non-hydrogen) atoms. The first-order chi connectivity index (χ1) is 12.8. The number of esters is 2. The third kappa shape index (κ3) is 4.22. The molecule has 0 spiro atoms. The summed E-state index contributed by atoms with van der Waals surface area (Å²) in [5.74, 6) is -0.488. The van der Waals surface area contributed by atoms with Gasteiger partial charge in [-0.25, -0.2) is 4.68 Å². The Morgan fingerprint density at radius 2 is 1.63 bits per heavy atom. The van der Waals surface area contributed by atoms with E-state index in [1.165, 1.54) is 13.8 Å². The highest BCUT2D eigenvalue weighted by atomic mass is 79.9. The summed E-state index contributed by atoms with van der Waals surface area (Å²) >= 11 is 3.48.